The highest BCUT2D eigenvalue weighted by Crippen LogP contribution is 2.29. The fraction of sp³-hybridized carbons (Fsp3) is 0.462. The van der Waals surface area contributed by atoms with Gasteiger partial charge in [0, 0.05) is 0 Å². The van der Waals surface area contributed by atoms with Gasteiger partial charge in [0.05, 0.1) is 12.0 Å². The predicted molar refractivity (Wildman–Crippen MR) is 60.6 cm³/mol. The number of aliphatic carboxylic acids is 1. The molecule has 0 heterocycles. The number of hydrogen-bond donors (Lipinski definition) is 1. The van der Waals surface area contributed by atoms with E-state index in [-0.39, 0.29) is 12.0 Å². The van der Waals surface area contributed by atoms with Gasteiger partial charge in [-0.2, -0.15) is 0 Å². The maximum atomic E-state index is 10.8. The fourth-order valence-electron chi connectivity index (χ4n) is 2.08. The molecule has 16 heavy (non-hydrogen) atoms. The Labute approximate surface area is 95.0 Å². The van der Waals surface area contributed by atoms with E-state index in [0.717, 1.165) is 18.6 Å². The molecule has 3 nitrogen and oxygen atoms in total. The van der Waals surface area contributed by atoms with Crippen LogP contribution in [0.15, 0.2) is 24.3 Å². The minimum atomic E-state index is -0.699. The van der Waals surface area contributed by atoms with E-state index in [1.54, 1.807) is 0 Å². The lowest BCUT2D eigenvalue weighted by atomic mass is 10.1. The summed E-state index contributed by atoms with van der Waals surface area (Å²) in [6.07, 6.45) is 2.25. The third-order valence-electron chi connectivity index (χ3n) is 3.06. The van der Waals surface area contributed by atoms with Gasteiger partial charge in [-0.1, -0.05) is 17.7 Å². The first-order valence-electron chi connectivity index (χ1n) is 5.61. The molecule has 1 aromatic carbocycles. The Morgan fingerprint density at radius 1 is 1.31 bits per heavy atom. The van der Waals surface area contributed by atoms with Crippen LogP contribution in [-0.2, 0) is 4.79 Å². The van der Waals surface area contributed by atoms with Crippen molar-refractivity contribution in [2.45, 2.75) is 32.3 Å². The van der Waals surface area contributed by atoms with E-state index in [4.69, 9.17) is 9.84 Å². The molecule has 1 aliphatic rings. The molecule has 2 rings (SSSR count). The summed E-state index contributed by atoms with van der Waals surface area (Å²) < 4.78 is 5.75. The highest BCUT2D eigenvalue weighted by Gasteiger charge is 2.30. The summed E-state index contributed by atoms with van der Waals surface area (Å²) in [5.74, 6) is -0.0907. The lowest BCUT2D eigenvalue weighted by Gasteiger charge is -2.13. The van der Waals surface area contributed by atoms with Crippen molar-refractivity contribution in [3.8, 4) is 5.75 Å². The second-order valence-corrected chi connectivity index (χ2v) is 4.40. The van der Waals surface area contributed by atoms with Crippen molar-refractivity contribution in [1.82, 2.24) is 0 Å². The molecule has 1 aliphatic carbocycles. The van der Waals surface area contributed by atoms with Crippen LogP contribution in [0.25, 0.3) is 0 Å². The smallest absolute Gasteiger partial charge is 0.306 e. The zero-order valence-corrected chi connectivity index (χ0v) is 9.35. The Bertz CT molecular complexity index is 369. The van der Waals surface area contributed by atoms with Crippen LogP contribution < -0.4 is 4.74 Å². The Hall–Kier alpha value is -1.51. The second kappa shape index (κ2) is 4.56. The molecule has 0 bridgehead atoms. The summed E-state index contributed by atoms with van der Waals surface area (Å²) in [7, 11) is 0. The Balaban J connectivity index is 1.92. The molecule has 0 saturated heterocycles. The molecular formula is C13H16O3. The van der Waals surface area contributed by atoms with Crippen molar-refractivity contribution >= 4 is 5.97 Å². The summed E-state index contributed by atoms with van der Waals surface area (Å²) in [5.41, 5.74) is 1.20. The first kappa shape index (κ1) is 11.0. The van der Waals surface area contributed by atoms with Crippen LogP contribution in [0, 0.1) is 12.8 Å². The van der Waals surface area contributed by atoms with E-state index in [9.17, 15) is 4.79 Å². The summed E-state index contributed by atoms with van der Waals surface area (Å²) >= 11 is 0. The third-order valence-corrected chi connectivity index (χ3v) is 3.06. The Morgan fingerprint density at radius 3 is 2.56 bits per heavy atom. The molecule has 86 valence electrons. The maximum Gasteiger partial charge on any atom is 0.306 e. The number of carboxylic acids is 1. The number of hydrogen-bond acceptors (Lipinski definition) is 2. The lowest BCUT2D eigenvalue weighted by Crippen LogP contribution is -2.15. The van der Waals surface area contributed by atoms with Crippen molar-refractivity contribution in [2.24, 2.45) is 5.92 Å². The summed E-state index contributed by atoms with van der Waals surface area (Å²) in [4.78, 5) is 10.8. The highest BCUT2D eigenvalue weighted by atomic mass is 16.5. The van der Waals surface area contributed by atoms with Crippen LogP contribution in [0.4, 0.5) is 0 Å². The van der Waals surface area contributed by atoms with Gasteiger partial charge in [0.25, 0.3) is 0 Å². The van der Waals surface area contributed by atoms with Gasteiger partial charge in [-0.05, 0) is 38.3 Å². The number of carboxylic acid groups (broad SMARTS) is 1. The van der Waals surface area contributed by atoms with Crippen molar-refractivity contribution < 1.29 is 14.6 Å². The molecule has 1 aromatic rings. The van der Waals surface area contributed by atoms with E-state index in [1.165, 1.54) is 5.56 Å². The molecule has 2 atom stereocenters. The molecule has 2 unspecified atom stereocenters. The largest absolute Gasteiger partial charge is 0.490 e. The SMILES string of the molecule is Cc1ccc(OC2CCC(C(=O)O)C2)cc1. The number of benzene rings is 1. The topological polar surface area (TPSA) is 46.5 Å². The van der Waals surface area contributed by atoms with E-state index in [0.29, 0.717) is 6.42 Å². The molecule has 1 N–H and O–H groups in total. The molecular weight excluding hydrogens is 204 g/mol. The van der Waals surface area contributed by atoms with E-state index in [1.807, 2.05) is 31.2 Å². The van der Waals surface area contributed by atoms with Gasteiger partial charge in [-0.25, -0.2) is 0 Å². The monoisotopic (exact) mass is 220 g/mol. The van der Waals surface area contributed by atoms with Crippen molar-refractivity contribution in [1.29, 1.82) is 0 Å². The minimum Gasteiger partial charge on any atom is -0.490 e. The third kappa shape index (κ3) is 2.54. The Morgan fingerprint density at radius 2 is 2.00 bits per heavy atom. The number of rotatable bonds is 3. The molecule has 0 amide bonds. The normalized spacial score (nSPS) is 24.3. The van der Waals surface area contributed by atoms with Crippen LogP contribution in [0.1, 0.15) is 24.8 Å². The Kier molecular flexibility index (Phi) is 3.13. The summed E-state index contributed by atoms with van der Waals surface area (Å²) in [6.45, 7) is 2.03. The van der Waals surface area contributed by atoms with Crippen molar-refractivity contribution in [2.75, 3.05) is 0 Å². The highest BCUT2D eigenvalue weighted by molar-refractivity contribution is 5.70. The second-order valence-electron chi connectivity index (χ2n) is 4.40. The molecule has 0 radical (unpaired) electrons. The minimum absolute atomic E-state index is 0.0591. The average molecular weight is 220 g/mol. The predicted octanol–water partition coefficient (Wildman–Crippen LogP) is 2.63. The van der Waals surface area contributed by atoms with Gasteiger partial charge in [0.2, 0.25) is 0 Å². The van der Waals surface area contributed by atoms with Crippen LogP contribution >= 0.6 is 0 Å². The zero-order valence-electron chi connectivity index (χ0n) is 9.35. The number of aryl methyl sites for hydroxylation is 1. The van der Waals surface area contributed by atoms with Gasteiger partial charge < -0.3 is 9.84 Å². The summed E-state index contributed by atoms with van der Waals surface area (Å²) in [5, 5.41) is 8.88. The van der Waals surface area contributed by atoms with Crippen LogP contribution in [-0.4, -0.2) is 17.2 Å². The molecule has 0 spiro atoms. The van der Waals surface area contributed by atoms with E-state index < -0.39 is 5.97 Å². The maximum absolute atomic E-state index is 10.8. The first-order chi connectivity index (χ1) is 7.65. The van der Waals surface area contributed by atoms with Crippen molar-refractivity contribution in [3.05, 3.63) is 29.8 Å². The standard InChI is InChI=1S/C13H16O3/c1-9-2-5-11(6-3-9)16-12-7-4-10(8-12)13(14)15/h2-3,5-6,10,12H,4,7-8H2,1H3,(H,14,15). The van der Waals surface area contributed by atoms with Gasteiger partial charge in [0.1, 0.15) is 5.75 Å². The molecule has 1 saturated carbocycles. The van der Waals surface area contributed by atoms with Crippen molar-refractivity contribution in [3.63, 3.8) is 0 Å². The fourth-order valence-corrected chi connectivity index (χ4v) is 2.08. The number of carbonyl (C=O) groups is 1. The van der Waals surface area contributed by atoms with Crippen LogP contribution in [0.3, 0.4) is 0 Å². The van der Waals surface area contributed by atoms with E-state index in [2.05, 4.69) is 0 Å². The van der Waals surface area contributed by atoms with Gasteiger partial charge in [0.15, 0.2) is 0 Å². The van der Waals surface area contributed by atoms with Crippen LogP contribution in [0.5, 0.6) is 5.75 Å². The molecule has 0 aliphatic heterocycles. The molecule has 0 aromatic heterocycles. The zero-order chi connectivity index (χ0) is 11.5. The van der Waals surface area contributed by atoms with Gasteiger partial charge in [-0.15, -0.1) is 0 Å². The van der Waals surface area contributed by atoms with Crippen LogP contribution in [0.2, 0.25) is 0 Å². The van der Waals surface area contributed by atoms with E-state index >= 15 is 0 Å². The number of ether oxygens (including phenoxy) is 1. The molecule has 3 heteroatoms. The quantitative estimate of drug-likeness (QED) is 0.851. The first-order valence-corrected chi connectivity index (χ1v) is 5.61. The average Bonchev–Trinajstić information content (AvgIpc) is 2.70. The summed E-state index contributed by atoms with van der Waals surface area (Å²) in [6, 6.07) is 7.87. The molecule has 1 fully saturated rings. The lowest BCUT2D eigenvalue weighted by molar-refractivity contribution is -0.141. The van der Waals surface area contributed by atoms with Gasteiger partial charge >= 0.3 is 5.97 Å². The van der Waals surface area contributed by atoms with Gasteiger partial charge in [-0.3, -0.25) is 4.79 Å².